The van der Waals surface area contributed by atoms with E-state index in [0.717, 1.165) is 12.8 Å². The van der Waals surface area contributed by atoms with Gasteiger partial charge in [0.25, 0.3) is 0 Å². The minimum atomic E-state index is -0.710. The number of rotatable bonds is 8. The highest BCUT2D eigenvalue weighted by Crippen LogP contribution is 2.16. The highest BCUT2D eigenvalue weighted by molar-refractivity contribution is 5.78. The first-order chi connectivity index (χ1) is 9.52. The van der Waals surface area contributed by atoms with Crippen molar-refractivity contribution in [2.24, 2.45) is 5.92 Å². The zero-order chi connectivity index (χ0) is 15.0. The van der Waals surface area contributed by atoms with Crippen molar-refractivity contribution < 1.29 is 14.7 Å². The van der Waals surface area contributed by atoms with Gasteiger partial charge in [-0.25, -0.2) is 0 Å². The van der Waals surface area contributed by atoms with Crippen LogP contribution in [0.15, 0.2) is 0 Å². The average Bonchev–Trinajstić information content (AvgIpc) is 2.39. The van der Waals surface area contributed by atoms with Crippen molar-refractivity contribution in [2.45, 2.75) is 58.4 Å². The Morgan fingerprint density at radius 2 is 1.95 bits per heavy atom. The molecule has 1 heterocycles. The number of unbranched alkanes of at least 4 members (excludes halogenated alkanes) is 2. The maximum absolute atomic E-state index is 11.9. The number of hydrogen-bond donors (Lipinski definition) is 2. The number of carboxylic acid groups (broad SMARTS) is 1. The number of nitrogens with one attached hydrogen (secondary N) is 1. The largest absolute Gasteiger partial charge is 0.481 e. The van der Waals surface area contributed by atoms with E-state index in [4.69, 9.17) is 5.11 Å². The average molecular weight is 284 g/mol. The topological polar surface area (TPSA) is 69.6 Å². The van der Waals surface area contributed by atoms with Crippen molar-refractivity contribution in [1.82, 2.24) is 10.2 Å². The molecular formula is C15H28N2O3. The first-order valence-electron chi connectivity index (χ1n) is 7.77. The molecule has 2 N–H and O–H groups in total. The number of carbonyl (C=O) groups is 2. The van der Waals surface area contributed by atoms with E-state index in [9.17, 15) is 9.59 Å². The van der Waals surface area contributed by atoms with Gasteiger partial charge in [0.2, 0.25) is 5.91 Å². The van der Waals surface area contributed by atoms with Crippen molar-refractivity contribution in [3.63, 3.8) is 0 Å². The van der Waals surface area contributed by atoms with Gasteiger partial charge < -0.3 is 10.4 Å². The molecule has 0 aromatic carbocycles. The lowest BCUT2D eigenvalue weighted by molar-refractivity contribution is -0.143. The molecule has 20 heavy (non-hydrogen) atoms. The van der Waals surface area contributed by atoms with Gasteiger partial charge in [-0.15, -0.1) is 0 Å². The van der Waals surface area contributed by atoms with E-state index in [1.807, 2.05) is 11.8 Å². The summed E-state index contributed by atoms with van der Waals surface area (Å²) in [5.74, 6) is -0.885. The van der Waals surface area contributed by atoms with Crippen molar-refractivity contribution in [1.29, 1.82) is 0 Å². The van der Waals surface area contributed by atoms with Crippen LogP contribution < -0.4 is 5.32 Å². The van der Waals surface area contributed by atoms with E-state index in [-0.39, 0.29) is 17.9 Å². The SMILES string of the molecule is CCCCCC(C)NC(=O)CN1CCC(C(=O)O)CC1. The van der Waals surface area contributed by atoms with Crippen LogP contribution >= 0.6 is 0 Å². The Morgan fingerprint density at radius 1 is 1.30 bits per heavy atom. The molecule has 1 unspecified atom stereocenters. The molecule has 0 radical (unpaired) electrons. The lowest BCUT2D eigenvalue weighted by Crippen LogP contribution is -2.44. The molecule has 0 saturated carbocycles. The summed E-state index contributed by atoms with van der Waals surface area (Å²) in [5, 5.41) is 12.0. The molecule has 1 amide bonds. The van der Waals surface area contributed by atoms with Gasteiger partial charge >= 0.3 is 5.97 Å². The lowest BCUT2D eigenvalue weighted by atomic mass is 9.97. The normalized spacial score (nSPS) is 18.7. The first kappa shape index (κ1) is 17.0. The zero-order valence-corrected chi connectivity index (χ0v) is 12.7. The molecule has 1 fully saturated rings. The summed E-state index contributed by atoms with van der Waals surface area (Å²) in [4.78, 5) is 24.8. The lowest BCUT2D eigenvalue weighted by Gasteiger charge is -2.29. The maximum Gasteiger partial charge on any atom is 0.306 e. The van der Waals surface area contributed by atoms with E-state index in [2.05, 4.69) is 12.2 Å². The number of nitrogens with zero attached hydrogens (tertiary/aromatic N) is 1. The predicted octanol–water partition coefficient (Wildman–Crippen LogP) is 1.87. The second-order valence-corrected chi connectivity index (χ2v) is 5.85. The summed E-state index contributed by atoms with van der Waals surface area (Å²) in [7, 11) is 0. The molecule has 116 valence electrons. The summed E-state index contributed by atoms with van der Waals surface area (Å²) in [6.45, 7) is 6.02. The molecule has 1 saturated heterocycles. The molecule has 1 aliphatic heterocycles. The Kier molecular flexibility index (Phi) is 7.59. The summed E-state index contributed by atoms with van der Waals surface area (Å²) < 4.78 is 0. The Labute approximate surface area is 121 Å². The van der Waals surface area contributed by atoms with E-state index in [1.165, 1.54) is 12.8 Å². The molecule has 1 atom stereocenters. The minimum absolute atomic E-state index is 0.0581. The van der Waals surface area contributed by atoms with Gasteiger partial charge in [0.15, 0.2) is 0 Å². The predicted molar refractivity (Wildman–Crippen MR) is 78.5 cm³/mol. The molecule has 5 nitrogen and oxygen atoms in total. The number of aliphatic carboxylic acids is 1. The standard InChI is InChI=1S/C15H28N2O3/c1-3-4-5-6-12(2)16-14(18)11-17-9-7-13(8-10-17)15(19)20/h12-13H,3-11H2,1-2H3,(H,16,18)(H,19,20). The molecule has 0 bridgehead atoms. The highest BCUT2D eigenvalue weighted by atomic mass is 16.4. The van der Waals surface area contributed by atoms with Crippen LogP contribution in [-0.2, 0) is 9.59 Å². The fourth-order valence-electron chi connectivity index (χ4n) is 2.63. The molecular weight excluding hydrogens is 256 g/mol. The molecule has 0 aromatic rings. The number of hydrogen-bond acceptors (Lipinski definition) is 3. The molecule has 5 heteroatoms. The van der Waals surface area contributed by atoms with Crippen molar-refractivity contribution in [3.8, 4) is 0 Å². The summed E-state index contributed by atoms with van der Waals surface area (Å²) in [6, 6.07) is 0.227. The fraction of sp³-hybridized carbons (Fsp3) is 0.867. The van der Waals surface area contributed by atoms with Crippen molar-refractivity contribution >= 4 is 11.9 Å². The third kappa shape index (κ3) is 6.37. The smallest absolute Gasteiger partial charge is 0.306 e. The second-order valence-electron chi connectivity index (χ2n) is 5.85. The van der Waals surface area contributed by atoms with E-state index in [1.54, 1.807) is 0 Å². The van der Waals surface area contributed by atoms with Gasteiger partial charge in [0, 0.05) is 6.04 Å². The van der Waals surface area contributed by atoms with Crippen LogP contribution in [0.25, 0.3) is 0 Å². The second kappa shape index (κ2) is 8.95. The Balaban J connectivity index is 2.18. The van der Waals surface area contributed by atoms with E-state index in [0.29, 0.717) is 32.5 Å². The maximum atomic E-state index is 11.9. The molecule has 0 aliphatic carbocycles. The van der Waals surface area contributed by atoms with Gasteiger partial charge in [-0.3, -0.25) is 14.5 Å². The van der Waals surface area contributed by atoms with Crippen LogP contribution in [0.1, 0.15) is 52.4 Å². The first-order valence-corrected chi connectivity index (χ1v) is 7.77. The number of likely N-dealkylation sites (tertiary alicyclic amines) is 1. The van der Waals surface area contributed by atoms with Crippen molar-refractivity contribution in [3.05, 3.63) is 0 Å². The highest BCUT2D eigenvalue weighted by Gasteiger charge is 2.25. The van der Waals surface area contributed by atoms with Gasteiger partial charge in [0.1, 0.15) is 0 Å². The zero-order valence-electron chi connectivity index (χ0n) is 12.7. The van der Waals surface area contributed by atoms with Gasteiger partial charge in [-0.2, -0.15) is 0 Å². The third-order valence-corrected chi connectivity index (χ3v) is 3.95. The number of carboxylic acids is 1. The summed E-state index contributed by atoms with van der Waals surface area (Å²) >= 11 is 0. The van der Waals surface area contributed by atoms with Crippen LogP contribution in [0, 0.1) is 5.92 Å². The van der Waals surface area contributed by atoms with Gasteiger partial charge in [-0.1, -0.05) is 26.2 Å². The van der Waals surface area contributed by atoms with Crippen LogP contribution in [0.3, 0.4) is 0 Å². The van der Waals surface area contributed by atoms with Crippen molar-refractivity contribution in [2.75, 3.05) is 19.6 Å². The quantitative estimate of drug-likeness (QED) is 0.668. The van der Waals surface area contributed by atoms with Gasteiger partial charge in [0.05, 0.1) is 12.5 Å². The fourth-order valence-corrected chi connectivity index (χ4v) is 2.63. The Morgan fingerprint density at radius 3 is 2.50 bits per heavy atom. The van der Waals surface area contributed by atoms with E-state index < -0.39 is 5.97 Å². The van der Waals surface area contributed by atoms with Gasteiger partial charge in [-0.05, 0) is 39.3 Å². The molecule has 0 aromatic heterocycles. The molecule has 0 spiro atoms. The summed E-state index contributed by atoms with van der Waals surface area (Å²) in [5.41, 5.74) is 0. The molecule has 1 rings (SSSR count). The minimum Gasteiger partial charge on any atom is -0.481 e. The van der Waals surface area contributed by atoms with Crippen LogP contribution in [0.5, 0.6) is 0 Å². The van der Waals surface area contributed by atoms with E-state index >= 15 is 0 Å². The van der Waals surface area contributed by atoms with Crippen LogP contribution in [-0.4, -0.2) is 47.6 Å². The van der Waals surface area contributed by atoms with Crippen LogP contribution in [0.4, 0.5) is 0 Å². The molecule has 1 aliphatic rings. The summed E-state index contributed by atoms with van der Waals surface area (Å²) in [6.07, 6.45) is 5.88. The Bertz CT molecular complexity index is 312. The Hall–Kier alpha value is -1.10. The monoisotopic (exact) mass is 284 g/mol. The number of piperidine rings is 1. The number of amides is 1. The van der Waals surface area contributed by atoms with Crippen LogP contribution in [0.2, 0.25) is 0 Å². The third-order valence-electron chi connectivity index (χ3n) is 3.95. The number of carbonyl (C=O) groups excluding carboxylic acids is 1.